The molecule has 0 saturated carbocycles. The van der Waals surface area contributed by atoms with Crippen LogP contribution in [0.5, 0.6) is 0 Å². The fourth-order valence-electron chi connectivity index (χ4n) is 8.19. The van der Waals surface area contributed by atoms with Crippen molar-refractivity contribution in [2.75, 3.05) is 24.6 Å². The van der Waals surface area contributed by atoms with E-state index in [0.29, 0.717) is 36.5 Å². The molecule has 3 aliphatic heterocycles. The molecular formula is C39H42ClN3O5. The van der Waals surface area contributed by atoms with Crippen molar-refractivity contribution in [2.24, 2.45) is 11.8 Å². The van der Waals surface area contributed by atoms with Gasteiger partial charge >= 0.3 is 0 Å². The molecule has 2 bridgehead atoms. The van der Waals surface area contributed by atoms with Crippen LogP contribution in [0.3, 0.4) is 0 Å². The third kappa shape index (κ3) is 5.76. The minimum atomic E-state index is -1.29. The van der Waals surface area contributed by atoms with Gasteiger partial charge in [0, 0.05) is 19.6 Å². The van der Waals surface area contributed by atoms with E-state index in [2.05, 4.69) is 13.2 Å². The molecule has 6 rings (SSSR count). The Morgan fingerprint density at radius 1 is 0.958 bits per heavy atom. The number of hydrogen-bond donors (Lipinski definition) is 1. The summed E-state index contributed by atoms with van der Waals surface area (Å²) in [5.41, 5.74) is 0.0722. The monoisotopic (exact) mass is 667 g/mol. The van der Waals surface area contributed by atoms with E-state index < -0.39 is 41.0 Å². The molecular weight excluding hydrogens is 626 g/mol. The summed E-state index contributed by atoms with van der Waals surface area (Å²) in [6.45, 7) is 10.0. The normalized spacial score (nSPS) is 26.2. The lowest BCUT2D eigenvalue weighted by atomic mass is 9.66. The van der Waals surface area contributed by atoms with Gasteiger partial charge in [-0.15, -0.1) is 13.2 Å². The first-order valence-electron chi connectivity index (χ1n) is 16.5. The highest BCUT2D eigenvalue weighted by Crippen LogP contribution is 2.64. The molecule has 48 heavy (non-hydrogen) atoms. The predicted octanol–water partition coefficient (Wildman–Crippen LogP) is 5.44. The summed E-state index contributed by atoms with van der Waals surface area (Å²) in [7, 11) is 0. The zero-order chi connectivity index (χ0) is 34.1. The molecule has 6 atom stereocenters. The van der Waals surface area contributed by atoms with Gasteiger partial charge < -0.3 is 24.5 Å². The Labute approximate surface area is 287 Å². The van der Waals surface area contributed by atoms with Crippen molar-refractivity contribution < 1.29 is 24.2 Å². The van der Waals surface area contributed by atoms with E-state index in [1.54, 1.807) is 41.3 Å². The SMILES string of the molecule is C=CCN(Cc1ccccc1)C(=O)[C@H]1[C@H]2C(=O)N([C@@H](CO)Cc3ccccc3)C(C(=O)N(CC=C)c3ccccc3Cl)C23CC[C@]1(C)O3. The molecule has 8 nitrogen and oxygen atoms in total. The van der Waals surface area contributed by atoms with Gasteiger partial charge in [0.2, 0.25) is 11.8 Å². The maximum absolute atomic E-state index is 15.1. The Balaban J connectivity index is 1.46. The lowest BCUT2D eigenvalue weighted by Gasteiger charge is -2.39. The van der Waals surface area contributed by atoms with Gasteiger partial charge in [-0.25, -0.2) is 0 Å². The second kappa shape index (κ2) is 13.7. The number of nitrogens with zero attached hydrogens (tertiary/aromatic N) is 3. The number of amides is 3. The van der Waals surface area contributed by atoms with Crippen LogP contribution < -0.4 is 4.90 Å². The van der Waals surface area contributed by atoms with E-state index in [0.717, 1.165) is 11.1 Å². The topological polar surface area (TPSA) is 90.4 Å². The number of hydrogen-bond acceptors (Lipinski definition) is 5. The smallest absolute Gasteiger partial charge is 0.253 e. The Morgan fingerprint density at radius 2 is 1.58 bits per heavy atom. The number of fused-ring (bicyclic) bond motifs is 1. The van der Waals surface area contributed by atoms with Gasteiger partial charge in [-0.3, -0.25) is 14.4 Å². The van der Waals surface area contributed by atoms with Crippen LogP contribution in [0.25, 0.3) is 0 Å². The molecule has 3 saturated heterocycles. The Morgan fingerprint density at radius 3 is 2.21 bits per heavy atom. The molecule has 9 heteroatoms. The number of halogens is 1. The van der Waals surface area contributed by atoms with Crippen molar-refractivity contribution in [2.45, 2.75) is 56.0 Å². The molecule has 0 aromatic heterocycles. The van der Waals surface area contributed by atoms with Crippen LogP contribution in [0.4, 0.5) is 5.69 Å². The highest BCUT2D eigenvalue weighted by molar-refractivity contribution is 6.34. The van der Waals surface area contributed by atoms with Crippen LogP contribution in [-0.4, -0.2) is 75.6 Å². The Hall–Kier alpha value is -4.24. The number of benzene rings is 3. The fraction of sp³-hybridized carbons (Fsp3) is 0.359. The number of rotatable bonds is 13. The Bertz CT molecular complexity index is 1690. The number of aliphatic hydroxyl groups excluding tert-OH is 1. The first-order chi connectivity index (χ1) is 23.2. The van der Waals surface area contributed by atoms with Crippen LogP contribution >= 0.6 is 11.6 Å². The summed E-state index contributed by atoms with van der Waals surface area (Å²) < 4.78 is 6.93. The quantitative estimate of drug-likeness (QED) is 0.245. The predicted molar refractivity (Wildman–Crippen MR) is 186 cm³/mol. The maximum Gasteiger partial charge on any atom is 0.253 e. The van der Waals surface area contributed by atoms with Crippen molar-refractivity contribution in [3.8, 4) is 0 Å². The second-order valence-corrected chi connectivity index (χ2v) is 13.6. The zero-order valence-electron chi connectivity index (χ0n) is 27.2. The molecule has 3 aliphatic rings. The van der Waals surface area contributed by atoms with E-state index in [9.17, 15) is 14.7 Å². The van der Waals surface area contributed by atoms with Crippen molar-refractivity contribution in [1.82, 2.24) is 9.80 Å². The van der Waals surface area contributed by atoms with Crippen LogP contribution in [0.15, 0.2) is 110 Å². The molecule has 0 aliphatic carbocycles. The average molecular weight is 668 g/mol. The minimum Gasteiger partial charge on any atom is -0.394 e. The molecule has 3 heterocycles. The largest absolute Gasteiger partial charge is 0.394 e. The lowest BCUT2D eigenvalue weighted by molar-refractivity contribution is -0.152. The number of likely N-dealkylation sites (tertiary alicyclic amines) is 1. The first kappa shape index (κ1) is 33.7. The van der Waals surface area contributed by atoms with E-state index in [-0.39, 0.29) is 31.5 Å². The molecule has 1 N–H and O–H groups in total. The van der Waals surface area contributed by atoms with E-state index in [1.807, 2.05) is 67.6 Å². The van der Waals surface area contributed by atoms with E-state index in [1.165, 1.54) is 9.80 Å². The summed E-state index contributed by atoms with van der Waals surface area (Å²) in [6.07, 6.45) is 4.51. The molecule has 250 valence electrons. The first-order valence-corrected chi connectivity index (χ1v) is 16.8. The number of carbonyl (C=O) groups is 3. The van der Waals surface area contributed by atoms with E-state index in [4.69, 9.17) is 16.3 Å². The minimum absolute atomic E-state index is 0.133. The van der Waals surface area contributed by atoms with Crippen molar-refractivity contribution >= 4 is 35.0 Å². The molecule has 3 amide bonds. The van der Waals surface area contributed by atoms with Crippen LogP contribution in [0.2, 0.25) is 5.02 Å². The highest BCUT2D eigenvalue weighted by Gasteiger charge is 2.79. The highest BCUT2D eigenvalue weighted by atomic mass is 35.5. The molecule has 2 unspecified atom stereocenters. The lowest BCUT2D eigenvalue weighted by Crippen LogP contribution is -2.59. The van der Waals surface area contributed by atoms with Gasteiger partial charge in [0.05, 0.1) is 40.8 Å². The molecule has 0 radical (unpaired) electrons. The molecule has 1 spiro atoms. The van der Waals surface area contributed by atoms with E-state index >= 15 is 4.79 Å². The number of para-hydroxylation sites is 1. The van der Waals surface area contributed by atoms with Gasteiger partial charge in [0.25, 0.3) is 5.91 Å². The fourth-order valence-corrected chi connectivity index (χ4v) is 8.43. The second-order valence-electron chi connectivity index (χ2n) is 13.2. The standard InChI is InChI=1S/C39H42ClN3O5/c1-4-22-41(25-28-16-10-7-11-17-28)35(45)32-33-36(46)43(29(26-44)24-27-14-8-6-9-15-27)34(39(33)21-20-38(32,3)48-39)37(47)42(23-5-2)31-19-13-12-18-30(31)40/h4-19,29,32-34,44H,1-2,20-26H2,3H3/t29-,32-,33+,34?,38+,39?/m1/s1. The van der Waals surface area contributed by atoms with Crippen LogP contribution in [0, 0.1) is 11.8 Å². The third-order valence-electron chi connectivity index (χ3n) is 10.2. The van der Waals surface area contributed by atoms with Gasteiger partial charge in [0.15, 0.2) is 0 Å². The molecule has 3 aromatic carbocycles. The van der Waals surface area contributed by atoms with Crippen molar-refractivity contribution in [1.29, 1.82) is 0 Å². The summed E-state index contributed by atoms with van der Waals surface area (Å²) >= 11 is 6.64. The molecule has 3 fully saturated rings. The average Bonchev–Trinajstić information content (AvgIpc) is 3.67. The number of anilines is 1. The summed E-state index contributed by atoms with van der Waals surface area (Å²) in [5, 5.41) is 11.2. The van der Waals surface area contributed by atoms with Crippen LogP contribution in [0.1, 0.15) is 30.9 Å². The van der Waals surface area contributed by atoms with Crippen molar-refractivity contribution in [3.05, 3.63) is 126 Å². The summed E-state index contributed by atoms with van der Waals surface area (Å²) in [4.78, 5) is 49.5. The number of ether oxygens (including phenoxy) is 1. The number of carbonyl (C=O) groups excluding carboxylic acids is 3. The van der Waals surface area contributed by atoms with Crippen molar-refractivity contribution in [3.63, 3.8) is 0 Å². The molecule has 3 aromatic rings. The van der Waals surface area contributed by atoms with Gasteiger partial charge in [-0.05, 0) is 49.4 Å². The number of aliphatic hydroxyl groups is 1. The maximum atomic E-state index is 15.1. The van der Waals surface area contributed by atoms with Gasteiger partial charge in [0.1, 0.15) is 11.6 Å². The van der Waals surface area contributed by atoms with Gasteiger partial charge in [-0.1, -0.05) is 96.5 Å². The summed E-state index contributed by atoms with van der Waals surface area (Å²) in [6, 6.07) is 24.4. The Kier molecular flexibility index (Phi) is 9.61. The van der Waals surface area contributed by atoms with Crippen LogP contribution in [-0.2, 0) is 32.1 Å². The zero-order valence-corrected chi connectivity index (χ0v) is 28.0. The van der Waals surface area contributed by atoms with Gasteiger partial charge in [-0.2, -0.15) is 0 Å². The third-order valence-corrected chi connectivity index (χ3v) is 10.6. The summed E-state index contributed by atoms with van der Waals surface area (Å²) in [5.74, 6) is -2.74.